The molecule has 0 aromatic carbocycles. The maximum Gasteiger partial charge on any atom is 0.191 e. The van der Waals surface area contributed by atoms with Crippen LogP contribution in [-0.2, 0) is 19.5 Å². The molecular formula is C14H26N6S. The number of guanidine groups is 1. The molecule has 21 heavy (non-hydrogen) atoms. The number of fused-ring (bicyclic) bond motifs is 1. The summed E-state index contributed by atoms with van der Waals surface area (Å²) in [6, 6.07) is 0. The number of thioether (sulfide) groups is 1. The van der Waals surface area contributed by atoms with Crippen molar-refractivity contribution in [1.82, 2.24) is 25.4 Å². The largest absolute Gasteiger partial charge is 0.356 e. The van der Waals surface area contributed by atoms with E-state index < -0.39 is 0 Å². The van der Waals surface area contributed by atoms with Crippen molar-refractivity contribution in [3.63, 3.8) is 0 Å². The predicted molar refractivity (Wildman–Crippen MR) is 88.8 cm³/mol. The Morgan fingerprint density at radius 2 is 2.19 bits per heavy atom. The Kier molecular flexibility index (Phi) is 6.85. The molecule has 2 rings (SSSR count). The molecule has 0 unspecified atom stereocenters. The Bertz CT molecular complexity index is 456. The van der Waals surface area contributed by atoms with Crippen molar-refractivity contribution in [3.05, 3.63) is 11.6 Å². The third kappa shape index (κ3) is 4.91. The normalized spacial score (nSPS) is 14.9. The molecule has 2 heterocycles. The van der Waals surface area contributed by atoms with Crippen LogP contribution < -0.4 is 10.6 Å². The van der Waals surface area contributed by atoms with E-state index in [1.807, 2.05) is 11.8 Å². The first kappa shape index (κ1) is 16.1. The lowest BCUT2D eigenvalue weighted by molar-refractivity contribution is 0.504. The average molecular weight is 310 g/mol. The number of nitrogens with one attached hydrogen (secondary N) is 2. The Labute approximate surface area is 131 Å². The van der Waals surface area contributed by atoms with E-state index in [0.717, 1.165) is 37.1 Å². The summed E-state index contributed by atoms with van der Waals surface area (Å²) in [5, 5.41) is 15.2. The van der Waals surface area contributed by atoms with E-state index in [0.29, 0.717) is 6.54 Å². The number of nitrogens with zero attached hydrogens (tertiary/aromatic N) is 4. The second-order valence-corrected chi connectivity index (χ2v) is 6.18. The molecule has 1 aliphatic rings. The first-order valence-electron chi connectivity index (χ1n) is 7.69. The molecule has 0 fully saturated rings. The topological polar surface area (TPSA) is 67.1 Å². The number of aryl methyl sites for hydroxylation is 1. The highest BCUT2D eigenvalue weighted by atomic mass is 32.2. The van der Waals surface area contributed by atoms with Crippen molar-refractivity contribution < 1.29 is 0 Å². The molecule has 1 aliphatic heterocycles. The van der Waals surface area contributed by atoms with Gasteiger partial charge in [0, 0.05) is 26.6 Å². The van der Waals surface area contributed by atoms with Gasteiger partial charge < -0.3 is 15.2 Å². The first-order chi connectivity index (χ1) is 10.3. The van der Waals surface area contributed by atoms with Crippen LogP contribution in [0.1, 0.15) is 37.3 Å². The highest BCUT2D eigenvalue weighted by molar-refractivity contribution is 7.98. The van der Waals surface area contributed by atoms with E-state index in [2.05, 4.69) is 36.6 Å². The van der Waals surface area contributed by atoms with Gasteiger partial charge in [-0.05, 0) is 37.7 Å². The number of hydrogen-bond donors (Lipinski definition) is 2. The minimum absolute atomic E-state index is 0.678. The molecule has 0 saturated heterocycles. The summed E-state index contributed by atoms with van der Waals surface area (Å²) >= 11 is 1.90. The number of rotatable bonds is 7. The molecule has 2 N–H and O–H groups in total. The summed E-state index contributed by atoms with van der Waals surface area (Å²) in [6.45, 7) is 2.68. The fourth-order valence-electron chi connectivity index (χ4n) is 2.46. The van der Waals surface area contributed by atoms with Gasteiger partial charge in [0.15, 0.2) is 11.8 Å². The van der Waals surface area contributed by atoms with Crippen LogP contribution in [0.4, 0.5) is 0 Å². The second kappa shape index (κ2) is 8.92. The van der Waals surface area contributed by atoms with Gasteiger partial charge in [0.25, 0.3) is 0 Å². The van der Waals surface area contributed by atoms with Crippen molar-refractivity contribution >= 4 is 17.7 Å². The monoisotopic (exact) mass is 310 g/mol. The first-order valence-corrected chi connectivity index (χ1v) is 9.09. The summed E-state index contributed by atoms with van der Waals surface area (Å²) in [5.74, 6) is 4.19. The quantitative estimate of drug-likeness (QED) is 0.453. The molecule has 0 atom stereocenters. The van der Waals surface area contributed by atoms with Gasteiger partial charge in [-0.1, -0.05) is 0 Å². The molecule has 0 bridgehead atoms. The van der Waals surface area contributed by atoms with Crippen LogP contribution in [0.5, 0.6) is 0 Å². The molecular weight excluding hydrogens is 284 g/mol. The minimum Gasteiger partial charge on any atom is -0.356 e. The fraction of sp³-hybridized carbons (Fsp3) is 0.786. The maximum atomic E-state index is 4.29. The molecule has 0 spiro atoms. The summed E-state index contributed by atoms with van der Waals surface area (Å²) in [7, 11) is 1.80. The Hall–Kier alpha value is -1.24. The molecule has 118 valence electrons. The van der Waals surface area contributed by atoms with E-state index in [-0.39, 0.29) is 0 Å². The van der Waals surface area contributed by atoms with Crippen LogP contribution in [0.2, 0.25) is 0 Å². The van der Waals surface area contributed by atoms with Crippen LogP contribution in [-0.4, -0.2) is 46.3 Å². The van der Waals surface area contributed by atoms with Crippen molar-refractivity contribution in [1.29, 1.82) is 0 Å². The summed E-state index contributed by atoms with van der Waals surface area (Å²) in [4.78, 5) is 4.25. The lowest BCUT2D eigenvalue weighted by Gasteiger charge is -2.16. The highest BCUT2D eigenvalue weighted by Crippen LogP contribution is 2.13. The van der Waals surface area contributed by atoms with Crippen LogP contribution in [0.15, 0.2) is 4.99 Å². The Morgan fingerprint density at radius 3 is 3.00 bits per heavy atom. The van der Waals surface area contributed by atoms with Crippen LogP contribution in [0, 0.1) is 0 Å². The SMILES string of the molecule is CN=C(NCCCCSC)NCc1nnc2n1CCCC2. The van der Waals surface area contributed by atoms with Crippen LogP contribution >= 0.6 is 11.8 Å². The molecule has 1 aromatic heterocycles. The summed E-state index contributed by atoms with van der Waals surface area (Å²) in [5.41, 5.74) is 0. The van der Waals surface area contributed by atoms with Crippen molar-refractivity contribution in [3.8, 4) is 0 Å². The smallest absolute Gasteiger partial charge is 0.191 e. The van der Waals surface area contributed by atoms with Gasteiger partial charge in [-0.2, -0.15) is 11.8 Å². The van der Waals surface area contributed by atoms with Crippen molar-refractivity contribution in [2.75, 3.05) is 25.6 Å². The second-order valence-electron chi connectivity index (χ2n) is 5.19. The zero-order valence-electron chi connectivity index (χ0n) is 13.1. The van der Waals surface area contributed by atoms with Gasteiger partial charge in [-0.25, -0.2) is 0 Å². The lowest BCUT2D eigenvalue weighted by Crippen LogP contribution is -2.38. The van der Waals surface area contributed by atoms with Gasteiger partial charge in [-0.3, -0.25) is 4.99 Å². The molecule has 0 aliphatic carbocycles. The molecule has 0 saturated carbocycles. The molecule has 7 heteroatoms. The Morgan fingerprint density at radius 1 is 1.29 bits per heavy atom. The van der Waals surface area contributed by atoms with E-state index >= 15 is 0 Å². The maximum absolute atomic E-state index is 4.29. The van der Waals surface area contributed by atoms with Gasteiger partial charge in [-0.15, -0.1) is 10.2 Å². The number of aliphatic imine (C=N–C) groups is 1. The lowest BCUT2D eigenvalue weighted by atomic mass is 10.2. The third-order valence-corrected chi connectivity index (χ3v) is 4.34. The number of aromatic nitrogens is 3. The zero-order chi connectivity index (χ0) is 14.9. The summed E-state index contributed by atoms with van der Waals surface area (Å²) < 4.78 is 2.24. The molecule has 0 amide bonds. The molecule has 1 aromatic rings. The van der Waals surface area contributed by atoms with E-state index in [4.69, 9.17) is 0 Å². The van der Waals surface area contributed by atoms with Gasteiger partial charge in [0.2, 0.25) is 0 Å². The highest BCUT2D eigenvalue weighted by Gasteiger charge is 2.15. The van der Waals surface area contributed by atoms with Crippen LogP contribution in [0.25, 0.3) is 0 Å². The van der Waals surface area contributed by atoms with Gasteiger partial charge >= 0.3 is 0 Å². The fourth-order valence-corrected chi connectivity index (χ4v) is 2.95. The van der Waals surface area contributed by atoms with Crippen molar-refractivity contribution in [2.45, 2.75) is 45.2 Å². The van der Waals surface area contributed by atoms with Gasteiger partial charge in [0.05, 0.1) is 6.54 Å². The van der Waals surface area contributed by atoms with E-state index in [9.17, 15) is 0 Å². The average Bonchev–Trinajstić information content (AvgIpc) is 2.93. The molecule has 0 radical (unpaired) electrons. The van der Waals surface area contributed by atoms with Crippen molar-refractivity contribution in [2.24, 2.45) is 4.99 Å². The minimum atomic E-state index is 0.678. The van der Waals surface area contributed by atoms with Crippen LogP contribution in [0.3, 0.4) is 0 Å². The zero-order valence-corrected chi connectivity index (χ0v) is 13.9. The Balaban J connectivity index is 1.74. The van der Waals surface area contributed by atoms with Gasteiger partial charge in [0.1, 0.15) is 5.82 Å². The van der Waals surface area contributed by atoms with E-state index in [1.54, 1.807) is 7.05 Å². The molecule has 6 nitrogen and oxygen atoms in total. The predicted octanol–water partition coefficient (Wildman–Crippen LogP) is 1.42. The number of unbranched alkanes of at least 4 members (excludes halogenated alkanes) is 1. The van der Waals surface area contributed by atoms with E-state index in [1.165, 1.54) is 31.4 Å². The standard InChI is InChI=1S/C14H26N6S/c1-15-14(16-8-4-6-10-21-2)17-11-13-19-18-12-7-3-5-9-20(12)13/h3-11H2,1-2H3,(H2,15,16,17). The summed E-state index contributed by atoms with van der Waals surface area (Å²) in [6.07, 6.45) is 8.05. The number of hydrogen-bond acceptors (Lipinski definition) is 4. The third-order valence-electron chi connectivity index (χ3n) is 3.64.